The summed E-state index contributed by atoms with van der Waals surface area (Å²) in [5.74, 6) is 2.93. The smallest absolute Gasteiger partial charge is 0.314 e. The molecule has 0 radical (unpaired) electrons. The molecule has 0 amide bonds. The number of carboxylic acids is 1. The van der Waals surface area contributed by atoms with Crippen LogP contribution in [0.15, 0.2) is 18.2 Å². The summed E-state index contributed by atoms with van der Waals surface area (Å²) in [6.07, 6.45) is 6.78. The second-order valence-corrected chi connectivity index (χ2v) is 7.97. The second kappa shape index (κ2) is 7.68. The molecule has 132 valence electrons. The zero-order valence-electron chi connectivity index (χ0n) is 14.3. The fourth-order valence-electron chi connectivity index (χ4n) is 3.82. The summed E-state index contributed by atoms with van der Waals surface area (Å²) in [7, 11) is 1.62. The lowest BCUT2D eigenvalue weighted by atomic mass is 9.69. The summed E-state index contributed by atoms with van der Waals surface area (Å²) >= 11 is 1.97. The highest BCUT2D eigenvalue weighted by atomic mass is 32.2. The van der Waals surface area contributed by atoms with Crippen molar-refractivity contribution >= 4 is 17.7 Å². The quantitative estimate of drug-likeness (QED) is 0.860. The van der Waals surface area contributed by atoms with Gasteiger partial charge in [0.1, 0.15) is 6.10 Å². The van der Waals surface area contributed by atoms with E-state index in [4.69, 9.17) is 9.47 Å². The minimum atomic E-state index is -0.772. The largest absolute Gasteiger partial charge is 0.493 e. The molecule has 0 bridgehead atoms. The number of rotatable bonds is 5. The van der Waals surface area contributed by atoms with Crippen molar-refractivity contribution in [1.29, 1.82) is 0 Å². The van der Waals surface area contributed by atoms with Gasteiger partial charge in [0.25, 0.3) is 0 Å². The van der Waals surface area contributed by atoms with Gasteiger partial charge in [0, 0.05) is 0 Å². The van der Waals surface area contributed by atoms with Gasteiger partial charge in [-0.05, 0) is 54.9 Å². The number of carboxylic acid groups (broad SMARTS) is 1. The molecule has 2 aliphatic rings. The van der Waals surface area contributed by atoms with E-state index in [1.165, 1.54) is 0 Å². The molecule has 24 heavy (non-hydrogen) atoms. The standard InChI is InChI=1S/C19H26O4S/c1-22-17-13-14(19(18(20)21)9-3-2-4-10-19)5-6-16(17)23-15-7-11-24-12-8-15/h5-6,13,15H,2-4,7-12H2,1H3,(H,20,21). The molecule has 0 atom stereocenters. The van der Waals surface area contributed by atoms with E-state index in [0.717, 1.165) is 54.9 Å². The maximum atomic E-state index is 12.0. The van der Waals surface area contributed by atoms with Gasteiger partial charge in [-0.25, -0.2) is 0 Å². The fraction of sp³-hybridized carbons (Fsp3) is 0.632. The van der Waals surface area contributed by atoms with Gasteiger partial charge in [0.15, 0.2) is 11.5 Å². The van der Waals surface area contributed by atoms with Crippen LogP contribution in [0.4, 0.5) is 0 Å². The van der Waals surface area contributed by atoms with Crippen molar-refractivity contribution < 1.29 is 19.4 Å². The first-order valence-corrected chi connectivity index (χ1v) is 9.97. The highest BCUT2D eigenvalue weighted by Crippen LogP contribution is 2.43. The highest BCUT2D eigenvalue weighted by molar-refractivity contribution is 7.99. The number of carbonyl (C=O) groups is 1. The Morgan fingerprint density at radius 2 is 1.88 bits per heavy atom. The van der Waals surface area contributed by atoms with Crippen LogP contribution in [0.3, 0.4) is 0 Å². The van der Waals surface area contributed by atoms with Gasteiger partial charge in [-0.15, -0.1) is 0 Å². The lowest BCUT2D eigenvalue weighted by Gasteiger charge is -2.34. The number of benzene rings is 1. The minimum absolute atomic E-state index is 0.231. The first kappa shape index (κ1) is 17.5. The number of hydrogen-bond donors (Lipinski definition) is 1. The van der Waals surface area contributed by atoms with Crippen LogP contribution in [0.5, 0.6) is 11.5 Å². The normalized spacial score (nSPS) is 21.2. The van der Waals surface area contributed by atoms with Crippen molar-refractivity contribution in [3.8, 4) is 11.5 Å². The number of aliphatic carboxylic acids is 1. The third kappa shape index (κ3) is 3.51. The van der Waals surface area contributed by atoms with Gasteiger partial charge in [0.2, 0.25) is 0 Å². The molecule has 1 aliphatic carbocycles. The third-order valence-corrected chi connectivity index (χ3v) is 6.34. The van der Waals surface area contributed by atoms with Gasteiger partial charge >= 0.3 is 5.97 Å². The Morgan fingerprint density at radius 1 is 1.17 bits per heavy atom. The van der Waals surface area contributed by atoms with Gasteiger partial charge in [-0.3, -0.25) is 4.79 Å². The Morgan fingerprint density at radius 3 is 2.50 bits per heavy atom. The predicted molar refractivity (Wildman–Crippen MR) is 96.4 cm³/mol. The van der Waals surface area contributed by atoms with Gasteiger partial charge in [-0.1, -0.05) is 25.3 Å². The first-order chi connectivity index (χ1) is 11.7. The summed E-state index contributed by atoms with van der Waals surface area (Å²) in [5, 5.41) is 9.86. The molecular weight excluding hydrogens is 324 g/mol. The van der Waals surface area contributed by atoms with Crippen molar-refractivity contribution in [3.63, 3.8) is 0 Å². The van der Waals surface area contributed by atoms with E-state index in [2.05, 4.69) is 0 Å². The summed E-state index contributed by atoms with van der Waals surface area (Å²) in [6.45, 7) is 0. The number of thioether (sulfide) groups is 1. The van der Waals surface area contributed by atoms with Crippen molar-refractivity contribution in [2.45, 2.75) is 56.5 Å². The van der Waals surface area contributed by atoms with Crippen LogP contribution in [0.2, 0.25) is 0 Å². The van der Waals surface area contributed by atoms with E-state index >= 15 is 0 Å². The third-order valence-electron chi connectivity index (χ3n) is 5.29. The van der Waals surface area contributed by atoms with E-state index in [1.54, 1.807) is 7.11 Å². The predicted octanol–water partition coefficient (Wildman–Crippen LogP) is 4.26. The van der Waals surface area contributed by atoms with E-state index in [1.807, 2.05) is 30.0 Å². The lowest BCUT2D eigenvalue weighted by molar-refractivity contribution is -0.145. The molecule has 1 aromatic carbocycles. The SMILES string of the molecule is COc1cc(C2(C(=O)O)CCCCC2)ccc1OC1CCSCC1. The molecule has 0 spiro atoms. The molecule has 1 N–H and O–H groups in total. The topological polar surface area (TPSA) is 55.8 Å². The average Bonchev–Trinajstić information content (AvgIpc) is 2.63. The Labute approximate surface area is 147 Å². The molecule has 1 aliphatic heterocycles. The first-order valence-electron chi connectivity index (χ1n) is 8.82. The monoisotopic (exact) mass is 350 g/mol. The number of ether oxygens (including phenoxy) is 2. The molecule has 0 unspecified atom stereocenters. The molecule has 2 fully saturated rings. The zero-order valence-corrected chi connectivity index (χ0v) is 15.1. The Bertz CT molecular complexity index is 575. The van der Waals surface area contributed by atoms with Crippen molar-refractivity contribution in [2.75, 3.05) is 18.6 Å². The van der Waals surface area contributed by atoms with Crippen LogP contribution in [-0.2, 0) is 10.2 Å². The van der Waals surface area contributed by atoms with E-state index in [-0.39, 0.29) is 6.10 Å². The van der Waals surface area contributed by atoms with Crippen molar-refractivity contribution in [2.24, 2.45) is 0 Å². The Hall–Kier alpha value is -1.36. The Balaban J connectivity index is 1.86. The summed E-state index contributed by atoms with van der Waals surface area (Å²) in [4.78, 5) is 12.0. The molecule has 0 aromatic heterocycles. The number of hydrogen-bond acceptors (Lipinski definition) is 4. The summed E-state index contributed by atoms with van der Waals surface area (Å²) in [6, 6.07) is 5.70. The van der Waals surface area contributed by atoms with Gasteiger partial charge < -0.3 is 14.6 Å². The molecule has 1 aromatic rings. The maximum absolute atomic E-state index is 12.0. The maximum Gasteiger partial charge on any atom is 0.314 e. The van der Waals surface area contributed by atoms with E-state index in [0.29, 0.717) is 18.6 Å². The van der Waals surface area contributed by atoms with Crippen LogP contribution in [0.1, 0.15) is 50.5 Å². The van der Waals surface area contributed by atoms with Crippen LogP contribution >= 0.6 is 11.8 Å². The molecule has 1 saturated carbocycles. The lowest BCUT2D eigenvalue weighted by Crippen LogP contribution is -2.37. The molecule has 5 heteroatoms. The summed E-state index contributed by atoms with van der Waals surface area (Å²) in [5.41, 5.74) is 0.0732. The fourth-order valence-corrected chi connectivity index (χ4v) is 4.88. The molecule has 4 nitrogen and oxygen atoms in total. The van der Waals surface area contributed by atoms with Crippen LogP contribution in [0.25, 0.3) is 0 Å². The van der Waals surface area contributed by atoms with Crippen molar-refractivity contribution in [3.05, 3.63) is 23.8 Å². The van der Waals surface area contributed by atoms with Crippen LogP contribution in [0, 0.1) is 0 Å². The Kier molecular flexibility index (Phi) is 5.59. The zero-order chi connectivity index (χ0) is 17.0. The minimum Gasteiger partial charge on any atom is -0.493 e. The van der Waals surface area contributed by atoms with Crippen LogP contribution in [-0.4, -0.2) is 35.8 Å². The second-order valence-electron chi connectivity index (χ2n) is 6.74. The number of methoxy groups -OCH3 is 1. The molecule has 1 heterocycles. The van der Waals surface area contributed by atoms with Crippen LogP contribution < -0.4 is 9.47 Å². The molecule has 1 saturated heterocycles. The van der Waals surface area contributed by atoms with E-state index in [9.17, 15) is 9.90 Å². The average molecular weight is 350 g/mol. The van der Waals surface area contributed by atoms with Crippen molar-refractivity contribution in [1.82, 2.24) is 0 Å². The highest BCUT2D eigenvalue weighted by Gasteiger charge is 2.41. The van der Waals surface area contributed by atoms with Gasteiger partial charge in [-0.2, -0.15) is 11.8 Å². The van der Waals surface area contributed by atoms with E-state index < -0.39 is 11.4 Å². The van der Waals surface area contributed by atoms with Gasteiger partial charge in [0.05, 0.1) is 12.5 Å². The summed E-state index contributed by atoms with van der Waals surface area (Å²) < 4.78 is 11.6. The molecular formula is C19H26O4S. The molecule has 3 rings (SSSR count).